The first-order chi connectivity index (χ1) is 11.8. The van der Waals surface area contributed by atoms with Gasteiger partial charge in [-0.15, -0.1) is 0 Å². The summed E-state index contributed by atoms with van der Waals surface area (Å²) >= 11 is 0. The predicted octanol–water partition coefficient (Wildman–Crippen LogP) is 3.38. The fourth-order valence-corrected chi connectivity index (χ4v) is 5.31. The van der Waals surface area contributed by atoms with E-state index in [0.717, 1.165) is 33.5 Å². The molecule has 2 aromatic heterocycles. The normalized spacial score (nSPS) is 19.6. The van der Waals surface area contributed by atoms with Gasteiger partial charge in [0.15, 0.2) is 15.5 Å². The third-order valence-electron chi connectivity index (χ3n) is 4.94. The molecule has 1 aliphatic rings. The molecule has 0 aliphatic carbocycles. The molecule has 0 amide bonds. The monoisotopic (exact) mass is 355 g/mol. The number of aryl methyl sites for hydroxylation is 3. The minimum Gasteiger partial charge on any atom is -0.243 e. The van der Waals surface area contributed by atoms with Crippen LogP contribution in [0.25, 0.3) is 22.3 Å². The van der Waals surface area contributed by atoms with Gasteiger partial charge in [0.2, 0.25) is 0 Å². The van der Waals surface area contributed by atoms with Crippen LogP contribution in [0.4, 0.5) is 0 Å². The Morgan fingerprint density at radius 1 is 1.12 bits per heavy atom. The third-order valence-corrected chi connectivity index (χ3v) is 6.69. The Kier molecular flexibility index (Phi) is 3.68. The Labute approximate surface area is 147 Å². The molecule has 1 aliphatic heterocycles. The number of benzene rings is 1. The number of fused-ring (bicyclic) bond motifs is 1. The molecule has 0 radical (unpaired) electrons. The van der Waals surface area contributed by atoms with Crippen LogP contribution in [0, 0.1) is 20.8 Å². The van der Waals surface area contributed by atoms with Gasteiger partial charge >= 0.3 is 0 Å². The highest BCUT2D eigenvalue weighted by molar-refractivity contribution is 7.91. The van der Waals surface area contributed by atoms with Gasteiger partial charge < -0.3 is 0 Å². The molecule has 0 bridgehead atoms. The van der Waals surface area contributed by atoms with Crippen LogP contribution in [0.3, 0.4) is 0 Å². The molecule has 25 heavy (non-hydrogen) atoms. The third kappa shape index (κ3) is 2.84. The van der Waals surface area contributed by atoms with Crippen LogP contribution in [-0.2, 0) is 9.84 Å². The number of pyridine rings is 1. The molecule has 0 N–H and O–H groups in total. The summed E-state index contributed by atoms with van der Waals surface area (Å²) in [6.07, 6.45) is 0.605. The zero-order chi connectivity index (χ0) is 17.8. The Morgan fingerprint density at radius 3 is 2.48 bits per heavy atom. The van der Waals surface area contributed by atoms with Gasteiger partial charge in [0.05, 0.1) is 28.9 Å². The smallest absolute Gasteiger partial charge is 0.159 e. The topological polar surface area (TPSA) is 64.8 Å². The second-order valence-corrected chi connectivity index (χ2v) is 9.20. The molecule has 1 saturated heterocycles. The molecule has 1 unspecified atom stereocenters. The van der Waals surface area contributed by atoms with Crippen molar-refractivity contribution in [3.05, 3.63) is 47.2 Å². The van der Waals surface area contributed by atoms with Crippen molar-refractivity contribution in [2.45, 2.75) is 33.2 Å². The molecule has 4 rings (SSSR count). The van der Waals surface area contributed by atoms with Crippen LogP contribution in [0.2, 0.25) is 0 Å². The summed E-state index contributed by atoms with van der Waals surface area (Å²) in [4.78, 5) is 4.85. The first-order valence-electron chi connectivity index (χ1n) is 8.48. The second kappa shape index (κ2) is 5.66. The van der Waals surface area contributed by atoms with E-state index in [1.165, 1.54) is 5.56 Å². The molecule has 1 fully saturated rings. The molecule has 6 heteroatoms. The molecule has 3 aromatic rings. The van der Waals surface area contributed by atoms with E-state index in [0.29, 0.717) is 6.42 Å². The zero-order valence-electron chi connectivity index (χ0n) is 14.7. The number of nitrogens with zero attached hydrogens (tertiary/aromatic N) is 3. The van der Waals surface area contributed by atoms with Crippen molar-refractivity contribution in [2.24, 2.45) is 0 Å². The molecule has 0 spiro atoms. The highest BCUT2D eigenvalue weighted by Gasteiger charge is 2.31. The van der Waals surface area contributed by atoms with Gasteiger partial charge in [-0.25, -0.2) is 18.1 Å². The predicted molar refractivity (Wildman–Crippen MR) is 99.5 cm³/mol. The number of sulfone groups is 1. The van der Waals surface area contributed by atoms with Gasteiger partial charge in [0.25, 0.3) is 0 Å². The second-order valence-electron chi connectivity index (χ2n) is 6.98. The fraction of sp³-hybridized carbons (Fsp3) is 0.368. The Hall–Kier alpha value is -2.21. The van der Waals surface area contributed by atoms with Crippen molar-refractivity contribution in [1.29, 1.82) is 0 Å². The highest BCUT2D eigenvalue weighted by atomic mass is 32.2. The lowest BCUT2D eigenvalue weighted by molar-refractivity contribution is 0.509. The number of aromatic nitrogens is 3. The Morgan fingerprint density at radius 2 is 1.84 bits per heavy atom. The van der Waals surface area contributed by atoms with Crippen LogP contribution in [-0.4, -0.2) is 34.7 Å². The molecule has 130 valence electrons. The number of rotatable bonds is 2. The average molecular weight is 355 g/mol. The Balaban J connectivity index is 1.89. The molecule has 1 atom stereocenters. The standard InChI is InChI=1S/C19H21N3O2S/c1-12-4-6-15(7-5-12)17-10-13(2)18-14(3)21-22(19(18)20-17)16-8-9-25(23,24)11-16/h4-7,10,16H,8-9,11H2,1-3H3. The van der Waals surface area contributed by atoms with Crippen molar-refractivity contribution in [3.8, 4) is 11.3 Å². The summed E-state index contributed by atoms with van der Waals surface area (Å²) in [7, 11) is -2.97. The van der Waals surface area contributed by atoms with Gasteiger partial charge in [-0.05, 0) is 38.8 Å². The maximum atomic E-state index is 11.9. The van der Waals surface area contributed by atoms with Gasteiger partial charge in [0, 0.05) is 10.9 Å². The minimum atomic E-state index is -2.97. The zero-order valence-corrected chi connectivity index (χ0v) is 15.5. The molecule has 5 nitrogen and oxygen atoms in total. The van der Waals surface area contributed by atoms with Crippen molar-refractivity contribution in [2.75, 3.05) is 11.5 Å². The molecule has 3 heterocycles. The molecular weight excluding hydrogens is 334 g/mol. The van der Waals surface area contributed by atoms with Crippen molar-refractivity contribution >= 4 is 20.9 Å². The van der Waals surface area contributed by atoms with Crippen LogP contribution in [0.1, 0.15) is 29.3 Å². The van der Waals surface area contributed by atoms with Gasteiger partial charge in [0.1, 0.15) is 0 Å². The van der Waals surface area contributed by atoms with Gasteiger partial charge in [-0.3, -0.25) is 0 Å². The summed E-state index contributed by atoms with van der Waals surface area (Å²) in [5.74, 6) is 0.382. The maximum Gasteiger partial charge on any atom is 0.159 e. The van der Waals surface area contributed by atoms with E-state index in [1.807, 2.05) is 11.6 Å². The highest BCUT2D eigenvalue weighted by Crippen LogP contribution is 2.31. The van der Waals surface area contributed by atoms with E-state index in [2.05, 4.69) is 49.3 Å². The summed E-state index contributed by atoms with van der Waals surface area (Å²) in [6, 6.07) is 10.2. The van der Waals surface area contributed by atoms with Crippen molar-refractivity contribution < 1.29 is 8.42 Å². The lowest BCUT2D eigenvalue weighted by atomic mass is 10.1. The van der Waals surface area contributed by atoms with E-state index in [9.17, 15) is 8.42 Å². The largest absolute Gasteiger partial charge is 0.243 e. The summed E-state index contributed by atoms with van der Waals surface area (Å²) in [5.41, 5.74) is 5.96. The summed E-state index contributed by atoms with van der Waals surface area (Å²) in [5, 5.41) is 5.66. The van der Waals surface area contributed by atoms with Crippen LogP contribution in [0.5, 0.6) is 0 Å². The van der Waals surface area contributed by atoms with Crippen LogP contribution < -0.4 is 0 Å². The van der Waals surface area contributed by atoms with Crippen molar-refractivity contribution in [3.63, 3.8) is 0 Å². The average Bonchev–Trinajstić information content (AvgIpc) is 3.08. The lowest BCUT2D eigenvalue weighted by Gasteiger charge is -2.11. The maximum absolute atomic E-state index is 11.9. The van der Waals surface area contributed by atoms with Crippen LogP contribution in [0.15, 0.2) is 30.3 Å². The minimum absolute atomic E-state index is 0.124. The van der Waals surface area contributed by atoms with E-state index < -0.39 is 9.84 Å². The molecular formula is C19H21N3O2S. The lowest BCUT2D eigenvalue weighted by Crippen LogP contribution is -2.13. The summed E-state index contributed by atoms with van der Waals surface area (Å²) < 4.78 is 25.6. The number of hydrogen-bond donors (Lipinski definition) is 0. The van der Waals surface area contributed by atoms with E-state index in [-0.39, 0.29) is 17.5 Å². The molecule has 1 aromatic carbocycles. The van der Waals surface area contributed by atoms with E-state index in [4.69, 9.17) is 4.98 Å². The van der Waals surface area contributed by atoms with Crippen molar-refractivity contribution in [1.82, 2.24) is 14.8 Å². The van der Waals surface area contributed by atoms with E-state index >= 15 is 0 Å². The summed E-state index contributed by atoms with van der Waals surface area (Å²) in [6.45, 7) is 6.08. The van der Waals surface area contributed by atoms with Gasteiger partial charge in [-0.2, -0.15) is 5.10 Å². The number of hydrogen-bond acceptors (Lipinski definition) is 4. The van der Waals surface area contributed by atoms with Crippen LogP contribution >= 0.6 is 0 Å². The fourth-order valence-electron chi connectivity index (χ4n) is 3.62. The first-order valence-corrected chi connectivity index (χ1v) is 10.3. The first kappa shape index (κ1) is 16.3. The molecule has 0 saturated carbocycles. The SMILES string of the molecule is Cc1ccc(-c2cc(C)c3c(C)nn(C4CCS(=O)(=O)C4)c3n2)cc1. The van der Waals surface area contributed by atoms with Gasteiger partial charge in [-0.1, -0.05) is 29.8 Å². The van der Waals surface area contributed by atoms with E-state index in [1.54, 1.807) is 0 Å². The Bertz CT molecular complexity index is 1070. The quantitative estimate of drug-likeness (QED) is 0.707.